The first-order valence-electron chi connectivity index (χ1n) is 5.98. The van der Waals surface area contributed by atoms with Crippen LogP contribution in [0.5, 0.6) is 0 Å². The lowest BCUT2D eigenvalue weighted by atomic mass is 10.1. The molecule has 0 atom stereocenters. The lowest BCUT2D eigenvalue weighted by molar-refractivity contribution is 0.0686. The summed E-state index contributed by atoms with van der Waals surface area (Å²) < 4.78 is 0. The summed E-state index contributed by atoms with van der Waals surface area (Å²) >= 11 is 0. The monoisotopic (exact) mass is 261 g/mol. The highest BCUT2D eigenvalue weighted by Crippen LogP contribution is 2.15. The highest BCUT2D eigenvalue weighted by Gasteiger charge is 2.18. The zero-order valence-corrected chi connectivity index (χ0v) is 10.4. The molecule has 1 amide bonds. The van der Waals surface area contributed by atoms with E-state index in [1.807, 2.05) is 0 Å². The molecule has 6 nitrogen and oxygen atoms in total. The normalized spacial score (nSPS) is 10.6. The molecular formula is C13H15N3O3. The van der Waals surface area contributed by atoms with Gasteiger partial charge in [0.15, 0.2) is 0 Å². The average molecular weight is 261 g/mol. The van der Waals surface area contributed by atoms with Crippen molar-refractivity contribution in [2.24, 2.45) is 0 Å². The van der Waals surface area contributed by atoms with Crippen molar-refractivity contribution in [2.45, 2.75) is 0 Å². The van der Waals surface area contributed by atoms with Gasteiger partial charge in [0.05, 0.1) is 24.3 Å². The standard InChI is InChI=1S/C13H15N3O3/c17-8-6-16(7-9-18)13(19)10-2-1-3-11-12(10)15-5-4-14-11/h1-5,17-18H,6-9H2. The molecule has 1 aromatic heterocycles. The number of aliphatic hydroxyl groups excluding tert-OH is 2. The first kappa shape index (κ1) is 13.4. The van der Waals surface area contributed by atoms with Crippen molar-refractivity contribution in [1.29, 1.82) is 0 Å². The minimum atomic E-state index is -0.269. The molecule has 0 saturated heterocycles. The number of hydrogen-bond donors (Lipinski definition) is 2. The molecule has 100 valence electrons. The number of benzene rings is 1. The molecule has 2 rings (SSSR count). The molecule has 2 N–H and O–H groups in total. The Morgan fingerprint density at radius 3 is 2.47 bits per heavy atom. The van der Waals surface area contributed by atoms with E-state index in [2.05, 4.69) is 9.97 Å². The number of aromatic nitrogens is 2. The van der Waals surface area contributed by atoms with Gasteiger partial charge < -0.3 is 15.1 Å². The highest BCUT2D eigenvalue weighted by atomic mass is 16.3. The van der Waals surface area contributed by atoms with E-state index in [-0.39, 0.29) is 32.2 Å². The Kier molecular flexibility index (Phi) is 4.38. The zero-order chi connectivity index (χ0) is 13.7. The molecule has 0 radical (unpaired) electrons. The Morgan fingerprint density at radius 2 is 1.79 bits per heavy atom. The number of rotatable bonds is 5. The van der Waals surface area contributed by atoms with E-state index in [1.54, 1.807) is 24.4 Å². The summed E-state index contributed by atoms with van der Waals surface area (Å²) in [6.45, 7) is 0.0520. The van der Waals surface area contributed by atoms with Gasteiger partial charge in [-0.1, -0.05) is 6.07 Å². The summed E-state index contributed by atoms with van der Waals surface area (Å²) in [5.74, 6) is -0.269. The van der Waals surface area contributed by atoms with Gasteiger partial charge >= 0.3 is 0 Å². The Morgan fingerprint density at radius 1 is 1.11 bits per heavy atom. The van der Waals surface area contributed by atoms with Gasteiger partial charge in [-0.3, -0.25) is 14.8 Å². The summed E-state index contributed by atoms with van der Waals surface area (Å²) in [5.41, 5.74) is 1.59. The van der Waals surface area contributed by atoms with Gasteiger partial charge in [-0.25, -0.2) is 0 Å². The number of carbonyl (C=O) groups is 1. The van der Waals surface area contributed by atoms with Crippen LogP contribution in [0.15, 0.2) is 30.6 Å². The predicted octanol–water partition coefficient (Wildman–Crippen LogP) is 0.0566. The van der Waals surface area contributed by atoms with Gasteiger partial charge in [-0.05, 0) is 12.1 Å². The predicted molar refractivity (Wildman–Crippen MR) is 69.6 cm³/mol. The fourth-order valence-electron chi connectivity index (χ4n) is 1.89. The van der Waals surface area contributed by atoms with Crippen molar-refractivity contribution in [2.75, 3.05) is 26.3 Å². The van der Waals surface area contributed by atoms with Crippen LogP contribution in [-0.2, 0) is 0 Å². The second kappa shape index (κ2) is 6.21. The van der Waals surface area contributed by atoms with Crippen LogP contribution in [0.3, 0.4) is 0 Å². The molecule has 0 bridgehead atoms. The van der Waals surface area contributed by atoms with E-state index in [1.165, 1.54) is 11.1 Å². The maximum absolute atomic E-state index is 12.4. The summed E-state index contributed by atoms with van der Waals surface area (Å²) in [6, 6.07) is 5.18. The zero-order valence-electron chi connectivity index (χ0n) is 10.4. The Bertz CT molecular complexity index is 563. The van der Waals surface area contributed by atoms with Crippen LogP contribution >= 0.6 is 0 Å². The van der Waals surface area contributed by atoms with Crippen molar-refractivity contribution in [3.8, 4) is 0 Å². The highest BCUT2D eigenvalue weighted by molar-refractivity contribution is 6.04. The van der Waals surface area contributed by atoms with Gasteiger partial charge in [-0.2, -0.15) is 0 Å². The molecule has 0 spiro atoms. The fraction of sp³-hybridized carbons (Fsp3) is 0.308. The Labute approximate surface area is 110 Å². The molecule has 0 aliphatic heterocycles. The van der Waals surface area contributed by atoms with E-state index < -0.39 is 0 Å². The van der Waals surface area contributed by atoms with Gasteiger partial charge in [0.1, 0.15) is 5.52 Å². The van der Waals surface area contributed by atoms with E-state index in [0.717, 1.165) is 0 Å². The lowest BCUT2D eigenvalue weighted by Crippen LogP contribution is -2.36. The summed E-state index contributed by atoms with van der Waals surface area (Å²) in [4.78, 5) is 22.1. The van der Waals surface area contributed by atoms with E-state index in [9.17, 15) is 4.79 Å². The number of para-hydroxylation sites is 1. The lowest BCUT2D eigenvalue weighted by Gasteiger charge is -2.21. The maximum Gasteiger partial charge on any atom is 0.256 e. The van der Waals surface area contributed by atoms with Crippen molar-refractivity contribution >= 4 is 16.9 Å². The summed E-state index contributed by atoms with van der Waals surface area (Å²) in [6.07, 6.45) is 3.09. The number of aliphatic hydroxyl groups is 2. The van der Waals surface area contributed by atoms with Gasteiger partial charge in [0.25, 0.3) is 5.91 Å². The molecule has 1 heterocycles. The number of nitrogens with zero attached hydrogens (tertiary/aromatic N) is 3. The van der Waals surface area contributed by atoms with Gasteiger partial charge in [0, 0.05) is 25.5 Å². The third-order valence-electron chi connectivity index (χ3n) is 2.76. The Balaban J connectivity index is 2.39. The second-order valence-corrected chi connectivity index (χ2v) is 3.97. The van der Waals surface area contributed by atoms with Gasteiger partial charge in [-0.15, -0.1) is 0 Å². The summed E-state index contributed by atoms with van der Waals surface area (Å²) in [7, 11) is 0. The SMILES string of the molecule is O=C(c1cccc2nccnc12)N(CCO)CCO. The topological polar surface area (TPSA) is 86.6 Å². The van der Waals surface area contributed by atoms with E-state index in [4.69, 9.17) is 10.2 Å². The van der Waals surface area contributed by atoms with Crippen molar-refractivity contribution in [1.82, 2.24) is 14.9 Å². The third-order valence-corrected chi connectivity index (χ3v) is 2.76. The minimum Gasteiger partial charge on any atom is -0.395 e. The molecular weight excluding hydrogens is 246 g/mol. The second-order valence-electron chi connectivity index (χ2n) is 3.97. The number of fused-ring (bicyclic) bond motifs is 1. The molecule has 0 saturated carbocycles. The maximum atomic E-state index is 12.4. The van der Waals surface area contributed by atoms with Crippen LogP contribution in [0.1, 0.15) is 10.4 Å². The third kappa shape index (κ3) is 2.86. The largest absolute Gasteiger partial charge is 0.395 e. The van der Waals surface area contributed by atoms with E-state index >= 15 is 0 Å². The number of hydrogen-bond acceptors (Lipinski definition) is 5. The molecule has 2 aromatic rings. The Hall–Kier alpha value is -2.05. The quantitative estimate of drug-likeness (QED) is 0.794. The van der Waals surface area contributed by atoms with Crippen molar-refractivity contribution in [3.05, 3.63) is 36.2 Å². The molecule has 0 aliphatic rings. The molecule has 0 aliphatic carbocycles. The van der Waals surface area contributed by atoms with Gasteiger partial charge in [0.2, 0.25) is 0 Å². The molecule has 1 aromatic carbocycles. The van der Waals surface area contributed by atoms with Crippen LogP contribution in [-0.4, -0.2) is 57.3 Å². The molecule has 0 unspecified atom stereocenters. The number of amides is 1. The van der Waals surface area contributed by atoms with Crippen LogP contribution in [0, 0.1) is 0 Å². The first-order valence-corrected chi connectivity index (χ1v) is 5.98. The van der Waals surface area contributed by atoms with Crippen LogP contribution in [0.2, 0.25) is 0 Å². The van der Waals surface area contributed by atoms with Crippen LogP contribution < -0.4 is 0 Å². The molecule has 19 heavy (non-hydrogen) atoms. The van der Waals surface area contributed by atoms with Crippen molar-refractivity contribution < 1.29 is 15.0 Å². The van der Waals surface area contributed by atoms with Crippen LogP contribution in [0.25, 0.3) is 11.0 Å². The van der Waals surface area contributed by atoms with E-state index in [0.29, 0.717) is 16.6 Å². The fourth-order valence-corrected chi connectivity index (χ4v) is 1.89. The molecule has 6 heteroatoms. The van der Waals surface area contributed by atoms with Crippen LogP contribution in [0.4, 0.5) is 0 Å². The first-order chi connectivity index (χ1) is 9.27. The van der Waals surface area contributed by atoms with Crippen molar-refractivity contribution in [3.63, 3.8) is 0 Å². The molecule has 0 fully saturated rings. The number of carbonyl (C=O) groups excluding carboxylic acids is 1. The summed E-state index contributed by atoms with van der Waals surface area (Å²) in [5, 5.41) is 17.9. The average Bonchev–Trinajstić information content (AvgIpc) is 2.46. The smallest absolute Gasteiger partial charge is 0.256 e. The minimum absolute atomic E-state index is 0.151.